The summed E-state index contributed by atoms with van der Waals surface area (Å²) in [6.07, 6.45) is 2.02. The standard InChI is InChI=1S/C17H21F2N5O.C11H9F2N3O/c1-23-6-8-24(9-7-23)12-21-16-15(19)10-20-17(22-16)25-11-13-2-4-14(18)5-3-13;12-8-3-1-7(2-4-8)6-17-11-15-5-9(13)10(14)16-11/h2-5,10H,6-9,11-12H2,1H3,(H,20,21,22);1-5H,6H2,(H2,14,15,16). The third kappa shape index (κ3) is 9.52. The molecule has 2 aromatic carbocycles. The number of nitrogens with one attached hydrogen (secondary N) is 1. The van der Waals surface area contributed by atoms with Gasteiger partial charge in [-0.1, -0.05) is 24.3 Å². The molecule has 3 heterocycles. The van der Waals surface area contributed by atoms with Gasteiger partial charge in [0, 0.05) is 26.2 Å². The van der Waals surface area contributed by atoms with E-state index in [9.17, 15) is 17.6 Å². The van der Waals surface area contributed by atoms with Crippen LogP contribution in [0.25, 0.3) is 0 Å². The highest BCUT2D eigenvalue weighted by Gasteiger charge is 2.15. The molecule has 222 valence electrons. The average Bonchev–Trinajstić information content (AvgIpc) is 2.99. The van der Waals surface area contributed by atoms with Gasteiger partial charge in [-0.2, -0.15) is 9.97 Å². The number of nitrogens with zero attached hydrogens (tertiary/aromatic N) is 6. The van der Waals surface area contributed by atoms with E-state index in [0.29, 0.717) is 6.67 Å². The predicted molar refractivity (Wildman–Crippen MR) is 147 cm³/mol. The number of aromatic nitrogens is 4. The monoisotopic (exact) mass is 586 g/mol. The first-order chi connectivity index (χ1) is 20.2. The molecule has 3 N–H and O–H groups in total. The van der Waals surface area contributed by atoms with Crippen LogP contribution in [-0.2, 0) is 13.2 Å². The SMILES string of the molecule is CN1CCN(CNc2nc(OCc3ccc(F)cc3)ncc2F)CC1.Nc1nc(OCc2ccc(F)cc2)ncc1F. The summed E-state index contributed by atoms with van der Waals surface area (Å²) >= 11 is 0. The van der Waals surface area contributed by atoms with Crippen LogP contribution in [0.3, 0.4) is 0 Å². The number of halogens is 4. The number of piperazine rings is 1. The third-order valence-electron chi connectivity index (χ3n) is 6.10. The Bertz CT molecular complexity index is 1420. The average molecular weight is 587 g/mol. The Hall–Kier alpha value is -4.56. The van der Waals surface area contributed by atoms with Crippen LogP contribution in [0.15, 0.2) is 60.9 Å². The third-order valence-corrected chi connectivity index (χ3v) is 6.10. The van der Waals surface area contributed by atoms with Crippen LogP contribution in [0.5, 0.6) is 12.0 Å². The van der Waals surface area contributed by atoms with E-state index < -0.39 is 11.6 Å². The molecule has 0 amide bonds. The fourth-order valence-electron chi connectivity index (χ4n) is 3.63. The molecule has 2 aromatic heterocycles. The number of anilines is 2. The van der Waals surface area contributed by atoms with Crippen molar-refractivity contribution in [2.24, 2.45) is 0 Å². The van der Waals surface area contributed by atoms with E-state index in [-0.39, 0.29) is 48.5 Å². The minimum absolute atomic E-state index is 0.0202. The molecular formula is C28H30F4N8O2. The Morgan fingerprint density at radius 2 is 1.24 bits per heavy atom. The van der Waals surface area contributed by atoms with Gasteiger partial charge in [0.1, 0.15) is 24.8 Å². The van der Waals surface area contributed by atoms with Gasteiger partial charge in [-0.15, -0.1) is 0 Å². The Labute approximate surface area is 240 Å². The molecule has 1 saturated heterocycles. The fourth-order valence-corrected chi connectivity index (χ4v) is 3.63. The van der Waals surface area contributed by atoms with Crippen molar-refractivity contribution in [2.45, 2.75) is 13.2 Å². The van der Waals surface area contributed by atoms with Crippen molar-refractivity contribution in [3.63, 3.8) is 0 Å². The van der Waals surface area contributed by atoms with Crippen LogP contribution in [-0.4, -0.2) is 69.6 Å². The molecule has 42 heavy (non-hydrogen) atoms. The van der Waals surface area contributed by atoms with Crippen LogP contribution in [0.2, 0.25) is 0 Å². The van der Waals surface area contributed by atoms with E-state index >= 15 is 0 Å². The van der Waals surface area contributed by atoms with Crippen LogP contribution in [0, 0.1) is 23.3 Å². The summed E-state index contributed by atoms with van der Waals surface area (Å²) in [5, 5.41) is 3.00. The van der Waals surface area contributed by atoms with E-state index in [1.807, 2.05) is 0 Å². The fraction of sp³-hybridized carbons (Fsp3) is 0.286. The van der Waals surface area contributed by atoms with Crippen molar-refractivity contribution in [1.82, 2.24) is 29.7 Å². The van der Waals surface area contributed by atoms with Crippen LogP contribution >= 0.6 is 0 Å². The highest BCUT2D eigenvalue weighted by atomic mass is 19.1. The van der Waals surface area contributed by atoms with Crippen molar-refractivity contribution < 1.29 is 27.0 Å². The molecule has 0 radical (unpaired) electrons. The second kappa shape index (κ2) is 14.9. The van der Waals surface area contributed by atoms with Gasteiger partial charge in [0.2, 0.25) is 0 Å². The van der Waals surface area contributed by atoms with Crippen molar-refractivity contribution in [1.29, 1.82) is 0 Å². The Balaban J connectivity index is 0.000000208. The van der Waals surface area contributed by atoms with Gasteiger partial charge in [0.15, 0.2) is 23.3 Å². The largest absolute Gasteiger partial charge is 0.459 e. The maximum atomic E-state index is 13.9. The number of hydrogen-bond donors (Lipinski definition) is 2. The molecule has 5 rings (SSSR count). The highest BCUT2D eigenvalue weighted by molar-refractivity contribution is 5.36. The zero-order valence-electron chi connectivity index (χ0n) is 22.8. The molecule has 0 aliphatic carbocycles. The van der Waals surface area contributed by atoms with E-state index in [0.717, 1.165) is 49.7 Å². The van der Waals surface area contributed by atoms with Gasteiger partial charge in [-0.3, -0.25) is 4.90 Å². The normalized spacial score (nSPS) is 13.6. The number of nitrogens with two attached hydrogens (primary N) is 1. The lowest BCUT2D eigenvalue weighted by atomic mass is 10.2. The van der Waals surface area contributed by atoms with E-state index in [4.69, 9.17) is 15.2 Å². The molecule has 0 saturated carbocycles. The smallest absolute Gasteiger partial charge is 0.318 e. The number of ether oxygens (including phenoxy) is 2. The van der Waals surface area contributed by atoms with Gasteiger partial charge in [-0.05, 0) is 42.4 Å². The summed E-state index contributed by atoms with van der Waals surface area (Å²) in [4.78, 5) is 19.6. The second-order valence-electron chi connectivity index (χ2n) is 9.32. The van der Waals surface area contributed by atoms with E-state index in [2.05, 4.69) is 42.1 Å². The zero-order valence-corrected chi connectivity index (χ0v) is 22.8. The Kier molecular flexibility index (Phi) is 10.8. The lowest BCUT2D eigenvalue weighted by Crippen LogP contribution is -2.46. The van der Waals surface area contributed by atoms with E-state index in [1.165, 1.54) is 24.3 Å². The number of rotatable bonds is 9. The summed E-state index contributed by atoms with van der Waals surface area (Å²) in [6.45, 7) is 4.67. The molecule has 0 bridgehead atoms. The summed E-state index contributed by atoms with van der Waals surface area (Å²) in [7, 11) is 2.08. The minimum Gasteiger partial charge on any atom is -0.459 e. The Morgan fingerprint density at radius 3 is 1.76 bits per heavy atom. The first kappa shape index (κ1) is 30.4. The highest BCUT2D eigenvalue weighted by Crippen LogP contribution is 2.15. The van der Waals surface area contributed by atoms with Crippen LogP contribution in [0.4, 0.5) is 29.2 Å². The lowest BCUT2D eigenvalue weighted by molar-refractivity contribution is 0.162. The first-order valence-electron chi connectivity index (χ1n) is 12.9. The molecule has 4 aromatic rings. The second-order valence-corrected chi connectivity index (χ2v) is 9.32. The Morgan fingerprint density at radius 1 is 0.738 bits per heavy atom. The molecule has 1 aliphatic heterocycles. The predicted octanol–water partition coefficient (Wildman–Crippen LogP) is 3.87. The van der Waals surface area contributed by atoms with Gasteiger partial charge in [-0.25, -0.2) is 27.5 Å². The van der Waals surface area contributed by atoms with E-state index in [1.54, 1.807) is 24.3 Å². The van der Waals surface area contributed by atoms with Gasteiger partial charge >= 0.3 is 12.0 Å². The molecule has 0 unspecified atom stereocenters. The van der Waals surface area contributed by atoms with Gasteiger partial charge in [0.25, 0.3) is 0 Å². The molecule has 10 nitrogen and oxygen atoms in total. The maximum Gasteiger partial charge on any atom is 0.318 e. The van der Waals surface area contributed by atoms with Crippen molar-refractivity contribution >= 4 is 11.6 Å². The maximum absolute atomic E-state index is 13.9. The number of benzene rings is 2. The minimum atomic E-state index is -0.695. The quantitative estimate of drug-likeness (QED) is 0.280. The van der Waals surface area contributed by atoms with Gasteiger partial charge < -0.3 is 25.4 Å². The summed E-state index contributed by atoms with van der Waals surface area (Å²) in [5.74, 6) is -2.01. The summed E-state index contributed by atoms with van der Waals surface area (Å²) in [5.41, 5.74) is 6.78. The van der Waals surface area contributed by atoms with Crippen molar-refractivity contribution in [3.8, 4) is 12.0 Å². The molecular weight excluding hydrogens is 556 g/mol. The zero-order chi connectivity index (χ0) is 29.9. The number of hydrogen-bond acceptors (Lipinski definition) is 10. The van der Waals surface area contributed by atoms with Crippen molar-refractivity contribution in [2.75, 3.05) is 50.9 Å². The first-order valence-corrected chi connectivity index (χ1v) is 12.9. The summed E-state index contributed by atoms with van der Waals surface area (Å²) < 4.78 is 62.8. The molecule has 14 heteroatoms. The summed E-state index contributed by atoms with van der Waals surface area (Å²) in [6, 6.07) is 11.8. The lowest BCUT2D eigenvalue weighted by Gasteiger charge is -2.32. The van der Waals surface area contributed by atoms with Crippen molar-refractivity contribution in [3.05, 3.63) is 95.3 Å². The van der Waals surface area contributed by atoms with Crippen LogP contribution < -0.4 is 20.5 Å². The molecule has 1 aliphatic rings. The van der Waals surface area contributed by atoms with Gasteiger partial charge in [0.05, 0.1) is 19.1 Å². The number of likely N-dealkylation sites (N-methyl/N-ethyl adjacent to an activating group) is 1. The van der Waals surface area contributed by atoms with Crippen LogP contribution in [0.1, 0.15) is 11.1 Å². The molecule has 0 atom stereocenters. The molecule has 0 spiro atoms. The number of nitrogen functional groups attached to an aromatic ring is 1. The molecule has 1 fully saturated rings. The topological polar surface area (TPSA) is 115 Å².